The molecule has 0 fully saturated rings. The largest absolute Gasteiger partial charge is 0.478 e. The maximum Gasteiger partial charge on any atom is 0.335 e. The molecule has 1 aliphatic rings. The summed E-state index contributed by atoms with van der Waals surface area (Å²) in [6, 6.07) is 5.03. The lowest BCUT2D eigenvalue weighted by molar-refractivity contribution is -0.112. The molecule has 15 heavy (non-hydrogen) atoms. The van der Waals surface area contributed by atoms with Crippen LogP contribution in [0.15, 0.2) is 18.2 Å². The van der Waals surface area contributed by atoms with Gasteiger partial charge in [0.25, 0.3) is 0 Å². The first-order valence-electron chi connectivity index (χ1n) is 4.90. The lowest BCUT2D eigenvalue weighted by Crippen LogP contribution is -2.20. The van der Waals surface area contributed by atoms with E-state index in [0.717, 1.165) is 30.3 Å². The third-order valence-corrected chi connectivity index (χ3v) is 3.15. The lowest BCUT2D eigenvalue weighted by atomic mass is 9.85. The molecule has 0 aromatic heterocycles. The van der Waals surface area contributed by atoms with Crippen LogP contribution in [0.25, 0.3) is 0 Å². The maximum atomic E-state index is 11.0. The van der Waals surface area contributed by atoms with E-state index in [1.165, 1.54) is 0 Å². The van der Waals surface area contributed by atoms with Crippen LogP contribution in [0.5, 0.6) is 0 Å². The molecule has 0 spiro atoms. The van der Waals surface area contributed by atoms with Gasteiger partial charge < -0.3 is 9.90 Å². The molecule has 1 aliphatic carbocycles. The number of hydrogen-bond acceptors (Lipinski definition) is 2. The van der Waals surface area contributed by atoms with Crippen molar-refractivity contribution in [1.29, 1.82) is 0 Å². The van der Waals surface area contributed by atoms with Crippen molar-refractivity contribution >= 4 is 12.3 Å². The minimum absolute atomic E-state index is 0.253. The lowest BCUT2D eigenvalue weighted by Gasteiger charge is -2.17. The van der Waals surface area contributed by atoms with Gasteiger partial charge in [-0.15, -0.1) is 0 Å². The van der Waals surface area contributed by atoms with E-state index < -0.39 is 11.4 Å². The van der Waals surface area contributed by atoms with Crippen LogP contribution in [0, 0.1) is 0 Å². The number of carboxylic acid groups (broad SMARTS) is 1. The van der Waals surface area contributed by atoms with Gasteiger partial charge in [0, 0.05) is 5.41 Å². The molecule has 1 N–H and O–H groups in total. The number of aldehydes is 1. The number of benzene rings is 1. The fourth-order valence-corrected chi connectivity index (χ4v) is 2.11. The standard InChI is InChI=1S/C12H12O3/c1-12(7-13)5-4-8-2-3-9(11(14)15)6-10(8)12/h2-3,6-7H,4-5H2,1H3,(H,14,15). The summed E-state index contributed by atoms with van der Waals surface area (Å²) in [5.74, 6) is -0.946. The van der Waals surface area contributed by atoms with Gasteiger partial charge in [-0.1, -0.05) is 6.07 Å². The Hall–Kier alpha value is -1.64. The van der Waals surface area contributed by atoms with E-state index in [9.17, 15) is 9.59 Å². The average molecular weight is 204 g/mol. The van der Waals surface area contributed by atoms with Crippen molar-refractivity contribution in [3.8, 4) is 0 Å². The highest BCUT2D eigenvalue weighted by molar-refractivity contribution is 5.88. The maximum absolute atomic E-state index is 11.0. The Balaban J connectivity index is 2.56. The van der Waals surface area contributed by atoms with Gasteiger partial charge in [-0.2, -0.15) is 0 Å². The Kier molecular flexibility index (Phi) is 2.11. The minimum atomic E-state index is -0.946. The topological polar surface area (TPSA) is 54.4 Å². The number of carbonyl (C=O) groups is 2. The molecule has 0 aliphatic heterocycles. The van der Waals surface area contributed by atoms with E-state index in [2.05, 4.69) is 0 Å². The number of fused-ring (bicyclic) bond motifs is 1. The third kappa shape index (κ3) is 1.44. The highest BCUT2D eigenvalue weighted by atomic mass is 16.4. The second kappa shape index (κ2) is 3.19. The van der Waals surface area contributed by atoms with Crippen LogP contribution in [0.3, 0.4) is 0 Å². The number of aromatic carboxylic acids is 1. The fourth-order valence-electron chi connectivity index (χ4n) is 2.11. The predicted molar refractivity (Wildman–Crippen MR) is 55.1 cm³/mol. The van der Waals surface area contributed by atoms with Gasteiger partial charge in [-0.05, 0) is 43.0 Å². The summed E-state index contributed by atoms with van der Waals surface area (Å²) in [6.07, 6.45) is 2.55. The minimum Gasteiger partial charge on any atom is -0.478 e. The van der Waals surface area contributed by atoms with Crippen LogP contribution < -0.4 is 0 Å². The molecule has 3 heteroatoms. The molecule has 0 amide bonds. The van der Waals surface area contributed by atoms with Gasteiger partial charge in [0.2, 0.25) is 0 Å². The van der Waals surface area contributed by atoms with Crippen LogP contribution in [-0.2, 0) is 16.6 Å². The van der Waals surface area contributed by atoms with E-state index in [1.54, 1.807) is 12.1 Å². The summed E-state index contributed by atoms with van der Waals surface area (Å²) in [4.78, 5) is 21.8. The molecule has 78 valence electrons. The molecule has 1 aromatic carbocycles. The number of aryl methyl sites for hydroxylation is 1. The smallest absolute Gasteiger partial charge is 0.335 e. The van der Waals surface area contributed by atoms with Crippen molar-refractivity contribution < 1.29 is 14.7 Å². The molecule has 1 atom stereocenters. The summed E-state index contributed by atoms with van der Waals surface area (Å²) in [5, 5.41) is 8.87. The Morgan fingerprint density at radius 3 is 2.87 bits per heavy atom. The number of carboxylic acids is 1. The summed E-state index contributed by atoms with van der Waals surface area (Å²) >= 11 is 0. The fraction of sp³-hybridized carbons (Fsp3) is 0.333. The van der Waals surface area contributed by atoms with Crippen LogP contribution in [0.1, 0.15) is 34.8 Å². The highest BCUT2D eigenvalue weighted by Crippen LogP contribution is 2.37. The molecule has 0 saturated heterocycles. The molecular formula is C12H12O3. The quantitative estimate of drug-likeness (QED) is 0.747. The summed E-state index contributed by atoms with van der Waals surface area (Å²) < 4.78 is 0. The SMILES string of the molecule is CC1(C=O)CCc2ccc(C(=O)O)cc21. The van der Waals surface area contributed by atoms with Crippen molar-refractivity contribution in [2.24, 2.45) is 0 Å². The van der Waals surface area contributed by atoms with E-state index in [1.807, 2.05) is 13.0 Å². The first kappa shape index (κ1) is 9.90. The monoisotopic (exact) mass is 204 g/mol. The van der Waals surface area contributed by atoms with Crippen molar-refractivity contribution in [3.63, 3.8) is 0 Å². The van der Waals surface area contributed by atoms with E-state index in [0.29, 0.717) is 0 Å². The van der Waals surface area contributed by atoms with E-state index in [4.69, 9.17) is 5.11 Å². The Bertz CT molecular complexity index is 436. The van der Waals surface area contributed by atoms with Crippen molar-refractivity contribution in [1.82, 2.24) is 0 Å². The first-order chi connectivity index (χ1) is 7.07. The molecule has 1 unspecified atom stereocenters. The van der Waals surface area contributed by atoms with Gasteiger partial charge in [0.05, 0.1) is 5.56 Å². The molecule has 3 nitrogen and oxygen atoms in total. The van der Waals surface area contributed by atoms with Gasteiger partial charge in [0.1, 0.15) is 6.29 Å². The van der Waals surface area contributed by atoms with E-state index >= 15 is 0 Å². The van der Waals surface area contributed by atoms with E-state index in [-0.39, 0.29) is 5.56 Å². The third-order valence-electron chi connectivity index (χ3n) is 3.15. The Morgan fingerprint density at radius 2 is 2.27 bits per heavy atom. The summed E-state index contributed by atoms with van der Waals surface area (Å²) in [5.41, 5.74) is 1.72. The molecule has 1 aromatic rings. The van der Waals surface area contributed by atoms with Gasteiger partial charge >= 0.3 is 5.97 Å². The van der Waals surface area contributed by atoms with Crippen molar-refractivity contribution in [2.45, 2.75) is 25.2 Å². The zero-order valence-corrected chi connectivity index (χ0v) is 8.49. The molecule has 2 rings (SSSR count). The van der Waals surface area contributed by atoms with Gasteiger partial charge in [-0.3, -0.25) is 0 Å². The molecule has 0 bridgehead atoms. The second-order valence-corrected chi connectivity index (χ2v) is 4.21. The molecule has 0 saturated carbocycles. The number of carbonyl (C=O) groups excluding carboxylic acids is 1. The molecule has 0 heterocycles. The van der Waals surface area contributed by atoms with Crippen molar-refractivity contribution in [2.75, 3.05) is 0 Å². The predicted octanol–water partition coefficient (Wildman–Crippen LogP) is 1.79. The Morgan fingerprint density at radius 1 is 1.53 bits per heavy atom. The zero-order valence-electron chi connectivity index (χ0n) is 8.49. The zero-order chi connectivity index (χ0) is 11.1. The molecule has 0 radical (unpaired) electrons. The van der Waals surface area contributed by atoms with Crippen LogP contribution in [0.4, 0.5) is 0 Å². The van der Waals surface area contributed by atoms with Gasteiger partial charge in [-0.25, -0.2) is 4.79 Å². The average Bonchev–Trinajstić information content (AvgIpc) is 2.57. The number of hydrogen-bond donors (Lipinski definition) is 1. The van der Waals surface area contributed by atoms with Crippen LogP contribution in [0.2, 0.25) is 0 Å². The summed E-state index contributed by atoms with van der Waals surface area (Å²) in [6.45, 7) is 1.86. The normalized spacial score (nSPS) is 23.5. The highest BCUT2D eigenvalue weighted by Gasteiger charge is 2.34. The molecular weight excluding hydrogens is 192 g/mol. The second-order valence-electron chi connectivity index (χ2n) is 4.21. The van der Waals surface area contributed by atoms with Gasteiger partial charge in [0.15, 0.2) is 0 Å². The van der Waals surface area contributed by atoms with Crippen LogP contribution in [-0.4, -0.2) is 17.4 Å². The first-order valence-corrected chi connectivity index (χ1v) is 4.90. The van der Waals surface area contributed by atoms with Crippen molar-refractivity contribution in [3.05, 3.63) is 34.9 Å². The summed E-state index contributed by atoms with van der Waals surface area (Å²) in [7, 11) is 0. The Labute approximate surface area is 87.7 Å². The van der Waals surface area contributed by atoms with Crippen LogP contribution >= 0.6 is 0 Å². The number of rotatable bonds is 2.